The lowest BCUT2D eigenvalue weighted by molar-refractivity contribution is -0.695. The van der Waals surface area contributed by atoms with Gasteiger partial charge in [-0.25, -0.2) is 0 Å². The van der Waals surface area contributed by atoms with Gasteiger partial charge >= 0.3 is 0 Å². The molecule has 1 atom stereocenters. The zero-order valence-corrected chi connectivity index (χ0v) is 9.20. The SMILES string of the molecule is CC(C)[NH2+]CC(C)(O)c1ccccc1. The summed E-state index contributed by atoms with van der Waals surface area (Å²) in [6, 6.07) is 10.3. The van der Waals surface area contributed by atoms with E-state index in [4.69, 9.17) is 0 Å². The van der Waals surface area contributed by atoms with Crippen LogP contribution in [0.25, 0.3) is 0 Å². The molecule has 0 aliphatic rings. The lowest BCUT2D eigenvalue weighted by Crippen LogP contribution is -2.91. The van der Waals surface area contributed by atoms with Crippen LogP contribution in [0.5, 0.6) is 0 Å². The monoisotopic (exact) mass is 194 g/mol. The molecule has 0 bridgehead atoms. The van der Waals surface area contributed by atoms with E-state index in [1.54, 1.807) is 0 Å². The second kappa shape index (κ2) is 4.58. The van der Waals surface area contributed by atoms with Crippen LogP contribution in [0.1, 0.15) is 26.3 Å². The first kappa shape index (κ1) is 11.2. The summed E-state index contributed by atoms with van der Waals surface area (Å²) in [6.07, 6.45) is 0. The van der Waals surface area contributed by atoms with Gasteiger partial charge in [0.1, 0.15) is 12.1 Å². The second-order valence-electron chi connectivity index (χ2n) is 4.32. The van der Waals surface area contributed by atoms with Crippen molar-refractivity contribution in [3.05, 3.63) is 35.9 Å². The summed E-state index contributed by atoms with van der Waals surface area (Å²) in [5, 5.41) is 12.3. The molecule has 0 spiro atoms. The summed E-state index contributed by atoms with van der Waals surface area (Å²) in [4.78, 5) is 0. The fourth-order valence-electron chi connectivity index (χ4n) is 1.38. The Balaban J connectivity index is 2.66. The molecule has 0 aliphatic heterocycles. The highest BCUT2D eigenvalue weighted by Crippen LogP contribution is 2.17. The first-order valence-electron chi connectivity index (χ1n) is 5.13. The Labute approximate surface area is 86.0 Å². The van der Waals surface area contributed by atoms with E-state index in [1.807, 2.05) is 37.3 Å². The molecule has 1 aromatic rings. The van der Waals surface area contributed by atoms with Crippen molar-refractivity contribution in [1.82, 2.24) is 0 Å². The van der Waals surface area contributed by atoms with Gasteiger partial charge in [0.25, 0.3) is 0 Å². The maximum Gasteiger partial charge on any atom is 0.135 e. The molecular formula is C12H20NO+. The standard InChI is InChI=1S/C12H19NO/c1-10(2)13-9-12(3,14)11-7-5-4-6-8-11/h4-8,10,13-14H,9H2,1-3H3/p+1. The van der Waals surface area contributed by atoms with Crippen molar-refractivity contribution in [2.75, 3.05) is 6.54 Å². The minimum atomic E-state index is -0.731. The highest BCUT2D eigenvalue weighted by molar-refractivity contribution is 5.21. The van der Waals surface area contributed by atoms with Crippen LogP contribution < -0.4 is 5.32 Å². The van der Waals surface area contributed by atoms with Crippen molar-refractivity contribution < 1.29 is 10.4 Å². The molecule has 2 heteroatoms. The van der Waals surface area contributed by atoms with Gasteiger partial charge < -0.3 is 10.4 Å². The molecule has 0 fully saturated rings. The Hall–Kier alpha value is -0.860. The topological polar surface area (TPSA) is 36.8 Å². The number of quaternary nitrogens is 1. The summed E-state index contributed by atoms with van der Waals surface area (Å²) in [6.45, 7) is 6.82. The van der Waals surface area contributed by atoms with Gasteiger partial charge in [0, 0.05) is 0 Å². The van der Waals surface area contributed by atoms with E-state index in [-0.39, 0.29) is 0 Å². The third kappa shape index (κ3) is 3.13. The second-order valence-corrected chi connectivity index (χ2v) is 4.32. The van der Waals surface area contributed by atoms with Crippen molar-refractivity contribution >= 4 is 0 Å². The summed E-state index contributed by atoms with van der Waals surface area (Å²) < 4.78 is 0. The average Bonchev–Trinajstić information content (AvgIpc) is 2.16. The Bertz CT molecular complexity index is 267. The molecule has 1 unspecified atom stereocenters. The number of hydrogen-bond acceptors (Lipinski definition) is 1. The number of nitrogens with two attached hydrogens (primary N) is 1. The molecule has 0 aromatic heterocycles. The van der Waals surface area contributed by atoms with Gasteiger partial charge in [0.2, 0.25) is 0 Å². The van der Waals surface area contributed by atoms with Gasteiger partial charge in [-0.2, -0.15) is 0 Å². The Morgan fingerprint density at radius 2 is 1.86 bits per heavy atom. The van der Waals surface area contributed by atoms with Crippen molar-refractivity contribution in [2.45, 2.75) is 32.4 Å². The van der Waals surface area contributed by atoms with E-state index in [9.17, 15) is 5.11 Å². The zero-order chi connectivity index (χ0) is 10.6. The molecular weight excluding hydrogens is 174 g/mol. The largest absolute Gasteiger partial charge is 0.380 e. The van der Waals surface area contributed by atoms with E-state index in [2.05, 4.69) is 19.2 Å². The summed E-state index contributed by atoms with van der Waals surface area (Å²) in [5.41, 5.74) is 0.253. The smallest absolute Gasteiger partial charge is 0.135 e. The van der Waals surface area contributed by atoms with E-state index >= 15 is 0 Å². The van der Waals surface area contributed by atoms with Gasteiger partial charge in [0.05, 0.1) is 6.04 Å². The Morgan fingerprint density at radius 1 is 1.29 bits per heavy atom. The first-order chi connectivity index (χ1) is 6.52. The van der Waals surface area contributed by atoms with Crippen LogP contribution in [-0.2, 0) is 5.60 Å². The molecule has 0 heterocycles. The molecule has 0 saturated heterocycles. The predicted molar refractivity (Wildman–Crippen MR) is 57.9 cm³/mol. The van der Waals surface area contributed by atoms with Crippen LogP contribution in [0.2, 0.25) is 0 Å². The summed E-state index contributed by atoms with van der Waals surface area (Å²) in [5.74, 6) is 0. The lowest BCUT2D eigenvalue weighted by atomic mass is 9.96. The van der Waals surface area contributed by atoms with Gasteiger partial charge in [0.15, 0.2) is 0 Å². The van der Waals surface area contributed by atoms with Crippen molar-refractivity contribution in [3.63, 3.8) is 0 Å². The normalized spacial score (nSPS) is 15.5. The minimum absolute atomic E-state index is 0.519. The van der Waals surface area contributed by atoms with Crippen molar-refractivity contribution in [3.8, 4) is 0 Å². The Kier molecular flexibility index (Phi) is 3.67. The molecule has 2 nitrogen and oxygen atoms in total. The van der Waals surface area contributed by atoms with Crippen LogP contribution in [0.15, 0.2) is 30.3 Å². The van der Waals surface area contributed by atoms with Gasteiger partial charge in [-0.15, -0.1) is 0 Å². The van der Waals surface area contributed by atoms with Gasteiger partial charge in [-0.1, -0.05) is 30.3 Å². The molecule has 0 radical (unpaired) electrons. The average molecular weight is 194 g/mol. The first-order valence-corrected chi connectivity index (χ1v) is 5.13. The molecule has 0 aliphatic carbocycles. The summed E-state index contributed by atoms with van der Waals surface area (Å²) >= 11 is 0. The van der Waals surface area contributed by atoms with Crippen molar-refractivity contribution in [2.24, 2.45) is 0 Å². The van der Waals surface area contributed by atoms with Crippen LogP contribution in [0.4, 0.5) is 0 Å². The number of aliphatic hydroxyl groups is 1. The molecule has 78 valence electrons. The molecule has 0 amide bonds. The van der Waals surface area contributed by atoms with E-state index in [0.717, 1.165) is 5.56 Å². The lowest BCUT2D eigenvalue weighted by Gasteiger charge is -2.22. The zero-order valence-electron chi connectivity index (χ0n) is 9.20. The third-order valence-corrected chi connectivity index (χ3v) is 2.38. The van der Waals surface area contributed by atoms with E-state index < -0.39 is 5.60 Å². The molecule has 1 rings (SSSR count). The van der Waals surface area contributed by atoms with Crippen LogP contribution >= 0.6 is 0 Å². The highest BCUT2D eigenvalue weighted by Gasteiger charge is 2.25. The van der Waals surface area contributed by atoms with Gasteiger partial charge in [-0.05, 0) is 26.3 Å². The highest BCUT2D eigenvalue weighted by atomic mass is 16.3. The summed E-state index contributed by atoms with van der Waals surface area (Å²) in [7, 11) is 0. The minimum Gasteiger partial charge on any atom is -0.380 e. The van der Waals surface area contributed by atoms with E-state index in [0.29, 0.717) is 12.6 Å². The van der Waals surface area contributed by atoms with Crippen LogP contribution in [0, 0.1) is 0 Å². The fourth-order valence-corrected chi connectivity index (χ4v) is 1.38. The van der Waals surface area contributed by atoms with Gasteiger partial charge in [-0.3, -0.25) is 0 Å². The van der Waals surface area contributed by atoms with Crippen molar-refractivity contribution in [1.29, 1.82) is 0 Å². The maximum atomic E-state index is 10.2. The predicted octanol–water partition coefficient (Wildman–Crippen LogP) is 0.866. The number of hydrogen-bond donors (Lipinski definition) is 2. The number of benzene rings is 1. The molecule has 0 saturated carbocycles. The Morgan fingerprint density at radius 3 is 2.36 bits per heavy atom. The number of rotatable bonds is 4. The molecule has 14 heavy (non-hydrogen) atoms. The fraction of sp³-hybridized carbons (Fsp3) is 0.500. The quantitative estimate of drug-likeness (QED) is 0.733. The van der Waals surface area contributed by atoms with E-state index in [1.165, 1.54) is 0 Å². The van der Waals surface area contributed by atoms with Crippen LogP contribution in [0.3, 0.4) is 0 Å². The third-order valence-electron chi connectivity index (χ3n) is 2.38. The van der Waals surface area contributed by atoms with Crippen LogP contribution in [-0.4, -0.2) is 17.7 Å². The molecule has 3 N–H and O–H groups in total. The maximum absolute atomic E-state index is 10.2. The molecule has 1 aromatic carbocycles.